The van der Waals surface area contributed by atoms with Gasteiger partial charge in [0.1, 0.15) is 18.1 Å². The van der Waals surface area contributed by atoms with Gasteiger partial charge < -0.3 is 24.1 Å². The SMILES string of the molecule is C=C(C)C(=O)Oc1ccc(-c2cc(OC(=O)C(=C)C)cc(C(=O)OCCOC(O)C(=C)C)c2)cc1. The second kappa shape index (κ2) is 12.5. The Bertz CT molecular complexity index is 1140. The number of aliphatic hydroxyl groups is 1. The summed E-state index contributed by atoms with van der Waals surface area (Å²) >= 11 is 0. The second-order valence-corrected chi connectivity index (χ2v) is 7.82. The zero-order valence-electron chi connectivity index (χ0n) is 20.0. The second-order valence-electron chi connectivity index (χ2n) is 7.82. The van der Waals surface area contributed by atoms with Gasteiger partial charge in [-0.2, -0.15) is 0 Å². The Balaban J connectivity index is 2.26. The maximum Gasteiger partial charge on any atom is 0.338 e. The molecule has 1 N–H and O–H groups in total. The highest BCUT2D eigenvalue weighted by molar-refractivity contribution is 5.93. The fourth-order valence-electron chi connectivity index (χ4n) is 2.57. The van der Waals surface area contributed by atoms with E-state index in [1.54, 1.807) is 50.2 Å². The molecule has 0 heterocycles. The molecule has 8 heteroatoms. The maximum atomic E-state index is 12.6. The van der Waals surface area contributed by atoms with Crippen LogP contribution >= 0.6 is 0 Å². The van der Waals surface area contributed by atoms with E-state index in [2.05, 4.69) is 19.7 Å². The van der Waals surface area contributed by atoms with Crippen LogP contribution in [0.3, 0.4) is 0 Å². The van der Waals surface area contributed by atoms with Crippen LogP contribution in [0.25, 0.3) is 11.1 Å². The predicted octanol–water partition coefficient (Wildman–Crippen LogP) is 4.38. The van der Waals surface area contributed by atoms with E-state index < -0.39 is 24.2 Å². The molecule has 0 aliphatic carbocycles. The number of carbonyl (C=O) groups is 3. The summed E-state index contributed by atoms with van der Waals surface area (Å²) in [5.74, 6) is -1.43. The van der Waals surface area contributed by atoms with Crippen LogP contribution in [-0.2, 0) is 19.1 Å². The van der Waals surface area contributed by atoms with Crippen LogP contribution in [0.1, 0.15) is 31.1 Å². The minimum Gasteiger partial charge on any atom is -0.460 e. The molecule has 0 radical (unpaired) electrons. The molecule has 2 rings (SSSR count). The lowest BCUT2D eigenvalue weighted by molar-refractivity contribution is -0.130. The van der Waals surface area contributed by atoms with Crippen LogP contribution in [0.4, 0.5) is 0 Å². The van der Waals surface area contributed by atoms with Crippen LogP contribution in [0.5, 0.6) is 11.5 Å². The molecule has 0 fully saturated rings. The average molecular weight is 481 g/mol. The van der Waals surface area contributed by atoms with Crippen molar-refractivity contribution >= 4 is 17.9 Å². The van der Waals surface area contributed by atoms with E-state index >= 15 is 0 Å². The van der Waals surface area contributed by atoms with Crippen molar-refractivity contribution in [1.29, 1.82) is 0 Å². The number of hydrogen-bond acceptors (Lipinski definition) is 8. The van der Waals surface area contributed by atoms with Crippen molar-refractivity contribution in [2.24, 2.45) is 0 Å². The molecule has 0 bridgehead atoms. The molecule has 0 aliphatic heterocycles. The van der Waals surface area contributed by atoms with Crippen LogP contribution in [-0.4, -0.2) is 42.5 Å². The average Bonchev–Trinajstić information content (AvgIpc) is 2.81. The van der Waals surface area contributed by atoms with Gasteiger partial charge in [-0.15, -0.1) is 0 Å². The van der Waals surface area contributed by atoms with Gasteiger partial charge in [-0.05, 0) is 67.8 Å². The molecule has 35 heavy (non-hydrogen) atoms. The Morgan fingerprint density at radius 2 is 1.37 bits per heavy atom. The molecular weight excluding hydrogens is 452 g/mol. The van der Waals surface area contributed by atoms with E-state index in [-0.39, 0.29) is 35.7 Å². The fourth-order valence-corrected chi connectivity index (χ4v) is 2.57. The third-order valence-corrected chi connectivity index (χ3v) is 4.46. The third-order valence-electron chi connectivity index (χ3n) is 4.46. The summed E-state index contributed by atoms with van der Waals surface area (Å²) in [5.41, 5.74) is 2.23. The minimum atomic E-state index is -1.15. The molecule has 0 spiro atoms. The predicted molar refractivity (Wildman–Crippen MR) is 130 cm³/mol. The largest absolute Gasteiger partial charge is 0.460 e. The molecule has 2 aromatic carbocycles. The third kappa shape index (κ3) is 8.37. The zero-order valence-corrected chi connectivity index (χ0v) is 20.0. The van der Waals surface area contributed by atoms with Crippen LogP contribution in [0.15, 0.2) is 78.9 Å². The maximum absolute atomic E-state index is 12.6. The highest BCUT2D eigenvalue weighted by Gasteiger charge is 2.15. The Kier molecular flexibility index (Phi) is 9.69. The summed E-state index contributed by atoms with van der Waals surface area (Å²) in [6.07, 6.45) is -1.15. The number of benzene rings is 2. The van der Waals surface area contributed by atoms with Crippen LogP contribution < -0.4 is 9.47 Å². The number of carbonyl (C=O) groups excluding carboxylic acids is 3. The summed E-state index contributed by atoms with van der Waals surface area (Å²) < 4.78 is 20.8. The van der Waals surface area contributed by atoms with Crippen molar-refractivity contribution in [3.8, 4) is 22.6 Å². The molecule has 1 unspecified atom stereocenters. The number of hydrogen-bond donors (Lipinski definition) is 1. The van der Waals surface area contributed by atoms with Crippen molar-refractivity contribution in [2.75, 3.05) is 13.2 Å². The molecule has 1 atom stereocenters. The van der Waals surface area contributed by atoms with E-state index in [1.165, 1.54) is 13.0 Å². The Morgan fingerprint density at radius 3 is 1.91 bits per heavy atom. The quantitative estimate of drug-likeness (QED) is 0.126. The first-order valence-corrected chi connectivity index (χ1v) is 10.6. The fraction of sp³-hybridized carbons (Fsp3) is 0.222. The lowest BCUT2D eigenvalue weighted by Crippen LogP contribution is -2.18. The summed E-state index contributed by atoms with van der Waals surface area (Å²) in [4.78, 5) is 36.4. The van der Waals surface area contributed by atoms with E-state index in [0.29, 0.717) is 22.4 Å². The molecule has 8 nitrogen and oxygen atoms in total. The first-order valence-electron chi connectivity index (χ1n) is 10.6. The van der Waals surface area contributed by atoms with Crippen molar-refractivity contribution in [1.82, 2.24) is 0 Å². The smallest absolute Gasteiger partial charge is 0.338 e. The van der Waals surface area contributed by atoms with Gasteiger partial charge in [0.05, 0.1) is 12.2 Å². The van der Waals surface area contributed by atoms with Gasteiger partial charge in [0.25, 0.3) is 0 Å². The molecule has 0 amide bonds. The topological polar surface area (TPSA) is 108 Å². The molecule has 184 valence electrons. The van der Waals surface area contributed by atoms with Crippen molar-refractivity contribution in [2.45, 2.75) is 27.1 Å². The highest BCUT2D eigenvalue weighted by atomic mass is 16.6. The van der Waals surface area contributed by atoms with Gasteiger partial charge in [0, 0.05) is 11.1 Å². The normalized spacial score (nSPS) is 11.2. The zero-order chi connectivity index (χ0) is 26.1. The monoisotopic (exact) mass is 480 g/mol. The molecule has 0 saturated carbocycles. The van der Waals surface area contributed by atoms with Gasteiger partial charge in [-0.25, -0.2) is 14.4 Å². The number of esters is 3. The van der Waals surface area contributed by atoms with Gasteiger partial charge in [0.15, 0.2) is 6.29 Å². The lowest BCUT2D eigenvalue weighted by Gasteiger charge is -2.13. The van der Waals surface area contributed by atoms with Gasteiger partial charge >= 0.3 is 17.9 Å². The van der Waals surface area contributed by atoms with E-state index in [9.17, 15) is 19.5 Å². The van der Waals surface area contributed by atoms with E-state index in [1.807, 2.05) is 0 Å². The summed E-state index contributed by atoms with van der Waals surface area (Å²) in [6.45, 7) is 15.2. The number of rotatable bonds is 11. The first kappa shape index (κ1) is 27.2. The summed E-state index contributed by atoms with van der Waals surface area (Å²) in [7, 11) is 0. The molecule has 2 aromatic rings. The van der Waals surface area contributed by atoms with Crippen LogP contribution in [0, 0.1) is 0 Å². The highest BCUT2D eigenvalue weighted by Crippen LogP contribution is 2.29. The van der Waals surface area contributed by atoms with Gasteiger partial charge in [0.2, 0.25) is 0 Å². The number of aliphatic hydroxyl groups excluding tert-OH is 1. The van der Waals surface area contributed by atoms with Crippen molar-refractivity contribution in [3.63, 3.8) is 0 Å². The Hall–Kier alpha value is -4.01. The number of ether oxygens (including phenoxy) is 4. The lowest BCUT2D eigenvalue weighted by atomic mass is 10.0. The summed E-state index contributed by atoms with van der Waals surface area (Å²) in [6, 6.07) is 11.1. The summed E-state index contributed by atoms with van der Waals surface area (Å²) in [5, 5.41) is 9.58. The molecule has 0 aromatic heterocycles. The van der Waals surface area contributed by atoms with E-state index in [4.69, 9.17) is 18.9 Å². The van der Waals surface area contributed by atoms with Crippen molar-refractivity contribution < 1.29 is 38.4 Å². The molecular formula is C27H28O8. The van der Waals surface area contributed by atoms with Crippen LogP contribution in [0.2, 0.25) is 0 Å². The van der Waals surface area contributed by atoms with Gasteiger partial charge in [-0.3, -0.25) is 0 Å². The Morgan fingerprint density at radius 1 is 0.800 bits per heavy atom. The van der Waals surface area contributed by atoms with E-state index in [0.717, 1.165) is 0 Å². The minimum absolute atomic E-state index is 0.0404. The first-order chi connectivity index (χ1) is 16.5. The standard InChI is InChI=1S/C27H28O8/c1-16(2)24(28)32-11-12-33-27(31)21-13-20(14-23(15-21)35-26(30)18(5)6)19-7-9-22(10-8-19)34-25(29)17(3)4/h7-10,13-15,24,28H,1,3,5,11-12H2,2,4,6H3. The molecule has 0 aliphatic rings. The Labute approximate surface area is 204 Å². The molecule has 0 saturated heterocycles. The van der Waals surface area contributed by atoms with Gasteiger partial charge in [-0.1, -0.05) is 31.9 Å². The van der Waals surface area contributed by atoms with Crippen molar-refractivity contribution in [3.05, 3.63) is 84.5 Å².